The van der Waals surface area contributed by atoms with Gasteiger partial charge < -0.3 is 0 Å². The molecule has 1 aliphatic carbocycles. The van der Waals surface area contributed by atoms with Gasteiger partial charge in [-0.2, -0.15) is 0 Å². The van der Waals surface area contributed by atoms with Crippen LogP contribution in [0.2, 0.25) is 0 Å². The van der Waals surface area contributed by atoms with Crippen LogP contribution in [0.25, 0.3) is 6.08 Å². The van der Waals surface area contributed by atoms with Crippen molar-refractivity contribution in [1.82, 2.24) is 0 Å². The van der Waals surface area contributed by atoms with Gasteiger partial charge >= 0.3 is 0 Å². The molecule has 0 spiro atoms. The van der Waals surface area contributed by atoms with Gasteiger partial charge in [-0.05, 0) is 29.7 Å². The zero-order valence-electron chi connectivity index (χ0n) is 5.77. The van der Waals surface area contributed by atoms with E-state index in [0.717, 1.165) is 22.0 Å². The number of halogens is 2. The molecule has 0 heterocycles. The first-order valence-electron chi connectivity index (χ1n) is 3.42. The zero-order chi connectivity index (χ0) is 7.84. The third-order valence-electron chi connectivity index (χ3n) is 1.80. The van der Waals surface area contributed by atoms with Gasteiger partial charge in [-0.1, -0.05) is 28.1 Å². The van der Waals surface area contributed by atoms with E-state index in [1.165, 1.54) is 6.07 Å². The number of allylic oxidation sites excluding steroid dienone is 1. The smallest absolute Gasteiger partial charge is 0.124 e. The lowest BCUT2D eigenvalue weighted by molar-refractivity contribution is 0.625. The summed E-state index contributed by atoms with van der Waals surface area (Å²) in [5, 5.41) is 0. The average molecular weight is 213 g/mol. The van der Waals surface area contributed by atoms with Gasteiger partial charge in [0.1, 0.15) is 5.82 Å². The van der Waals surface area contributed by atoms with Crippen LogP contribution in [0.4, 0.5) is 4.39 Å². The van der Waals surface area contributed by atoms with E-state index < -0.39 is 0 Å². The molecule has 2 rings (SSSR count). The van der Waals surface area contributed by atoms with Gasteiger partial charge in [0, 0.05) is 4.47 Å². The Kier molecular flexibility index (Phi) is 1.57. The summed E-state index contributed by atoms with van der Waals surface area (Å²) in [5.41, 5.74) is 2.18. The molecule has 0 fully saturated rings. The highest BCUT2D eigenvalue weighted by Crippen LogP contribution is 2.28. The summed E-state index contributed by atoms with van der Waals surface area (Å²) in [7, 11) is 0. The molecule has 0 aliphatic heterocycles. The Morgan fingerprint density at radius 3 is 3.00 bits per heavy atom. The molecule has 0 bridgehead atoms. The molecule has 0 aromatic heterocycles. The van der Waals surface area contributed by atoms with Crippen molar-refractivity contribution in [2.45, 2.75) is 6.42 Å². The first kappa shape index (κ1) is 7.04. The zero-order valence-corrected chi connectivity index (χ0v) is 7.36. The van der Waals surface area contributed by atoms with E-state index in [1.807, 2.05) is 12.2 Å². The van der Waals surface area contributed by atoms with Crippen molar-refractivity contribution in [2.24, 2.45) is 0 Å². The maximum Gasteiger partial charge on any atom is 0.124 e. The quantitative estimate of drug-likeness (QED) is 0.620. The van der Waals surface area contributed by atoms with Crippen LogP contribution in [0.3, 0.4) is 0 Å². The molecule has 0 amide bonds. The van der Waals surface area contributed by atoms with Crippen LogP contribution in [0.15, 0.2) is 22.7 Å². The lowest BCUT2D eigenvalue weighted by Gasteiger charge is -2.00. The lowest BCUT2D eigenvalue weighted by atomic mass is 10.1. The summed E-state index contributed by atoms with van der Waals surface area (Å²) in [6.45, 7) is 0. The molecule has 1 aromatic rings. The van der Waals surface area contributed by atoms with E-state index in [9.17, 15) is 4.39 Å². The Morgan fingerprint density at radius 1 is 1.36 bits per heavy atom. The molecule has 0 N–H and O–H groups in total. The third-order valence-corrected chi connectivity index (χ3v) is 2.46. The van der Waals surface area contributed by atoms with E-state index in [1.54, 1.807) is 6.07 Å². The fourth-order valence-corrected chi connectivity index (χ4v) is 1.90. The largest absolute Gasteiger partial charge is 0.207 e. The van der Waals surface area contributed by atoms with Gasteiger partial charge in [-0.15, -0.1) is 0 Å². The first-order valence-corrected chi connectivity index (χ1v) is 4.21. The molecule has 11 heavy (non-hydrogen) atoms. The molecule has 1 aliphatic rings. The van der Waals surface area contributed by atoms with E-state index >= 15 is 0 Å². The standard InChI is InChI=1S/C9H6BrF/c10-9-5-7(11)4-6-2-1-3-8(6)9/h1,3-5H,2H2. The molecule has 2 heteroatoms. The first-order chi connectivity index (χ1) is 5.27. The summed E-state index contributed by atoms with van der Waals surface area (Å²) in [4.78, 5) is 0. The molecule has 0 saturated carbocycles. The summed E-state index contributed by atoms with van der Waals surface area (Å²) in [5.74, 6) is -0.167. The molecule has 0 saturated heterocycles. The minimum Gasteiger partial charge on any atom is -0.207 e. The van der Waals surface area contributed by atoms with Crippen LogP contribution in [-0.4, -0.2) is 0 Å². The lowest BCUT2D eigenvalue weighted by Crippen LogP contribution is -1.85. The molecule has 1 aromatic carbocycles. The van der Waals surface area contributed by atoms with Crippen molar-refractivity contribution < 1.29 is 4.39 Å². The van der Waals surface area contributed by atoms with Gasteiger partial charge in [-0.3, -0.25) is 0 Å². The van der Waals surface area contributed by atoms with Crippen molar-refractivity contribution in [1.29, 1.82) is 0 Å². The second-order valence-electron chi connectivity index (χ2n) is 2.57. The Balaban J connectivity index is 2.67. The molecule has 0 nitrogen and oxygen atoms in total. The maximum absolute atomic E-state index is 12.8. The van der Waals surface area contributed by atoms with Crippen LogP contribution in [0, 0.1) is 5.82 Å². The Morgan fingerprint density at radius 2 is 2.18 bits per heavy atom. The van der Waals surface area contributed by atoms with Crippen LogP contribution >= 0.6 is 15.9 Å². The molecular formula is C9H6BrF. The van der Waals surface area contributed by atoms with Crippen LogP contribution in [0.5, 0.6) is 0 Å². The predicted molar refractivity (Wildman–Crippen MR) is 46.8 cm³/mol. The second kappa shape index (κ2) is 2.45. The monoisotopic (exact) mass is 212 g/mol. The summed E-state index contributed by atoms with van der Waals surface area (Å²) < 4.78 is 13.6. The number of rotatable bonds is 0. The van der Waals surface area contributed by atoms with Crippen LogP contribution < -0.4 is 0 Å². The third kappa shape index (κ3) is 1.11. The molecular weight excluding hydrogens is 207 g/mol. The van der Waals surface area contributed by atoms with Crippen molar-refractivity contribution in [3.05, 3.63) is 39.6 Å². The Bertz CT molecular complexity index is 329. The molecule has 0 radical (unpaired) electrons. The van der Waals surface area contributed by atoms with E-state index in [2.05, 4.69) is 15.9 Å². The topological polar surface area (TPSA) is 0 Å². The number of hydrogen-bond acceptors (Lipinski definition) is 0. The van der Waals surface area contributed by atoms with E-state index in [-0.39, 0.29) is 5.82 Å². The van der Waals surface area contributed by atoms with Gasteiger partial charge in [0.25, 0.3) is 0 Å². The highest BCUT2D eigenvalue weighted by atomic mass is 79.9. The van der Waals surface area contributed by atoms with Crippen molar-refractivity contribution in [3.8, 4) is 0 Å². The van der Waals surface area contributed by atoms with Gasteiger partial charge in [0.05, 0.1) is 0 Å². The van der Waals surface area contributed by atoms with Gasteiger partial charge in [0.15, 0.2) is 0 Å². The minimum absolute atomic E-state index is 0.167. The highest BCUT2D eigenvalue weighted by Gasteiger charge is 2.09. The molecule has 0 atom stereocenters. The average Bonchev–Trinajstić information content (AvgIpc) is 2.34. The molecule has 0 unspecified atom stereocenters. The summed E-state index contributed by atoms with van der Waals surface area (Å²) in [6.07, 6.45) is 4.90. The van der Waals surface area contributed by atoms with E-state index in [4.69, 9.17) is 0 Å². The van der Waals surface area contributed by atoms with Crippen molar-refractivity contribution in [3.63, 3.8) is 0 Å². The number of benzene rings is 1. The normalized spacial score (nSPS) is 13.6. The summed E-state index contributed by atoms with van der Waals surface area (Å²) in [6, 6.07) is 3.08. The number of hydrogen-bond donors (Lipinski definition) is 0. The fourth-order valence-electron chi connectivity index (χ4n) is 1.30. The van der Waals surface area contributed by atoms with Crippen LogP contribution in [0.1, 0.15) is 11.1 Å². The van der Waals surface area contributed by atoms with Crippen molar-refractivity contribution >= 4 is 22.0 Å². The highest BCUT2D eigenvalue weighted by molar-refractivity contribution is 9.10. The van der Waals surface area contributed by atoms with Gasteiger partial charge in [0.2, 0.25) is 0 Å². The Labute approximate surface area is 72.9 Å². The molecule has 56 valence electrons. The maximum atomic E-state index is 12.8. The van der Waals surface area contributed by atoms with Gasteiger partial charge in [-0.25, -0.2) is 4.39 Å². The van der Waals surface area contributed by atoms with Crippen LogP contribution in [-0.2, 0) is 6.42 Å². The van der Waals surface area contributed by atoms with E-state index in [0.29, 0.717) is 0 Å². The van der Waals surface area contributed by atoms with Crippen molar-refractivity contribution in [2.75, 3.05) is 0 Å². The fraction of sp³-hybridized carbons (Fsp3) is 0.111. The second-order valence-corrected chi connectivity index (χ2v) is 3.42. The SMILES string of the molecule is Fc1cc(Br)c2c(c1)CC=C2. The minimum atomic E-state index is -0.167. The summed E-state index contributed by atoms with van der Waals surface area (Å²) >= 11 is 3.31. The Hall–Kier alpha value is -0.630. The predicted octanol–water partition coefficient (Wildman–Crippen LogP) is 3.16. The number of fused-ring (bicyclic) bond motifs is 1.